The molecule has 0 aliphatic heterocycles. The van der Waals surface area contributed by atoms with Crippen LogP contribution in [0.5, 0.6) is 0 Å². The van der Waals surface area contributed by atoms with Crippen LogP contribution in [0.2, 0.25) is 0 Å². The Balaban J connectivity index is 1.81. The molecule has 0 aromatic heterocycles. The Morgan fingerprint density at radius 2 is 0.889 bits per heavy atom. The highest BCUT2D eigenvalue weighted by atomic mass is 14.2. The molecule has 0 saturated carbocycles. The van der Waals surface area contributed by atoms with Crippen LogP contribution in [0.15, 0.2) is 133 Å². The van der Waals surface area contributed by atoms with Gasteiger partial charge in [0.05, 0.1) is 30.2 Å². The highest BCUT2D eigenvalue weighted by Gasteiger charge is 2.15. The maximum Gasteiger partial charge on any atom is 0.0636 e. The van der Waals surface area contributed by atoms with Crippen molar-refractivity contribution in [3.05, 3.63) is 133 Å². The number of benzene rings is 8. The smallest absolute Gasteiger partial charge is 0.0616 e. The van der Waals surface area contributed by atoms with Crippen LogP contribution in [0, 0.1) is 0 Å². The molecule has 8 aromatic carbocycles. The summed E-state index contributed by atoms with van der Waals surface area (Å²) in [6.07, 6.45) is 0. The fraction of sp³-hybridized carbons (Fsp3) is 0. The third kappa shape index (κ3) is 2.76. The van der Waals surface area contributed by atoms with E-state index in [1.807, 2.05) is 0 Å². The highest BCUT2D eigenvalue weighted by molar-refractivity contribution is 6.24. The van der Waals surface area contributed by atoms with E-state index in [9.17, 15) is 8.22 Å². The van der Waals surface area contributed by atoms with Gasteiger partial charge in [-0.15, -0.1) is 0 Å². The van der Waals surface area contributed by atoms with Gasteiger partial charge in [0.1, 0.15) is 0 Å². The zero-order chi connectivity index (χ0) is 42.8. The third-order valence-electron chi connectivity index (χ3n) is 6.06. The van der Waals surface area contributed by atoms with E-state index in [-0.39, 0.29) is 0 Å². The first-order chi connectivity index (χ1) is 27.0. The minimum atomic E-state index is -0.917. The topological polar surface area (TPSA) is 0 Å². The van der Waals surface area contributed by atoms with Gasteiger partial charge < -0.3 is 0 Å². The lowest BCUT2D eigenvalue weighted by Gasteiger charge is -2.16. The summed E-state index contributed by atoms with van der Waals surface area (Å²) in [6, 6.07) is -17.5. The average Bonchev–Trinajstić information content (AvgIpc) is 3.19. The van der Waals surface area contributed by atoms with Crippen molar-refractivity contribution in [3.63, 3.8) is 0 Å². The Morgan fingerprint density at radius 1 is 0.306 bits per heavy atom. The second-order valence-electron chi connectivity index (χ2n) is 8.00. The van der Waals surface area contributed by atoms with Gasteiger partial charge in [-0.2, -0.15) is 0 Å². The van der Waals surface area contributed by atoms with Gasteiger partial charge in [-0.25, -0.2) is 0 Å². The predicted octanol–water partition coefficient (Wildman–Crippen LogP) is 10.3. The number of rotatable bonds is 1. The summed E-state index contributed by atoms with van der Waals surface area (Å²) in [5.41, 5.74) is -1.21. The Bertz CT molecular complexity index is 3350. The lowest BCUT2D eigenvalue weighted by Crippen LogP contribution is -1.89. The number of hydrogen-bond acceptors (Lipinski definition) is 0. The van der Waals surface area contributed by atoms with Crippen LogP contribution in [0.25, 0.3) is 75.8 Å². The van der Waals surface area contributed by atoms with E-state index in [2.05, 4.69) is 0 Å². The molecule has 0 fully saturated rings. The first-order valence-electron chi connectivity index (χ1n) is 21.8. The third-order valence-corrected chi connectivity index (χ3v) is 6.06. The van der Waals surface area contributed by atoms with Gasteiger partial charge in [0.25, 0.3) is 0 Å². The summed E-state index contributed by atoms with van der Waals surface area (Å²) in [5, 5.41) is -6.20. The Hall–Kier alpha value is -4.68. The van der Waals surface area contributed by atoms with Crippen LogP contribution in [0.1, 0.15) is 30.2 Å². The molecule has 166 valence electrons. The largest absolute Gasteiger partial charge is 0.0636 e. The van der Waals surface area contributed by atoms with Crippen molar-refractivity contribution in [1.29, 1.82) is 0 Å². The molecule has 8 rings (SSSR count). The van der Waals surface area contributed by atoms with Crippen molar-refractivity contribution in [3.8, 4) is 11.1 Å². The molecule has 0 amide bonds. The lowest BCUT2D eigenvalue weighted by molar-refractivity contribution is 1.72. The van der Waals surface area contributed by atoms with Crippen molar-refractivity contribution in [2.24, 2.45) is 0 Å². The van der Waals surface area contributed by atoms with Gasteiger partial charge in [0.2, 0.25) is 0 Å². The molecular formula is C36H22. The van der Waals surface area contributed by atoms with Crippen LogP contribution in [-0.4, -0.2) is 0 Å². The zero-order valence-electron chi connectivity index (χ0n) is 40.0. The van der Waals surface area contributed by atoms with Gasteiger partial charge in [0.15, 0.2) is 0 Å². The molecule has 0 spiro atoms. The molecule has 0 bridgehead atoms. The van der Waals surface area contributed by atoms with E-state index in [4.69, 9.17) is 21.9 Å². The molecule has 0 N–H and O–H groups in total. The molecule has 0 heteroatoms. The summed E-state index contributed by atoms with van der Waals surface area (Å²) >= 11 is 0. The van der Waals surface area contributed by atoms with E-state index in [1.54, 1.807) is 0 Å². The molecule has 0 radical (unpaired) electrons. The van der Waals surface area contributed by atoms with Crippen LogP contribution in [0.3, 0.4) is 0 Å². The summed E-state index contributed by atoms with van der Waals surface area (Å²) in [4.78, 5) is 0. The van der Waals surface area contributed by atoms with E-state index in [0.717, 1.165) is 0 Å². The van der Waals surface area contributed by atoms with E-state index in [0.29, 0.717) is 0 Å². The van der Waals surface area contributed by atoms with Crippen LogP contribution >= 0.6 is 0 Å². The normalized spacial score (nSPS) is 20.4. The summed E-state index contributed by atoms with van der Waals surface area (Å²) in [7, 11) is 0. The first-order valence-corrected chi connectivity index (χ1v) is 10.8. The lowest BCUT2D eigenvalue weighted by atomic mass is 9.87. The van der Waals surface area contributed by atoms with E-state index >= 15 is 0 Å². The van der Waals surface area contributed by atoms with Gasteiger partial charge in [-0.3, -0.25) is 0 Å². The molecule has 0 unspecified atom stereocenters. The van der Waals surface area contributed by atoms with Crippen molar-refractivity contribution >= 4 is 64.6 Å². The summed E-state index contributed by atoms with van der Waals surface area (Å²) < 4.78 is 195. The van der Waals surface area contributed by atoms with Gasteiger partial charge in [0, 0.05) is 0 Å². The van der Waals surface area contributed by atoms with Crippen LogP contribution in [0.4, 0.5) is 0 Å². The minimum absolute atomic E-state index is 0.456. The summed E-state index contributed by atoms with van der Waals surface area (Å²) in [6.45, 7) is 0. The maximum atomic E-state index is 9.38. The van der Waals surface area contributed by atoms with E-state index < -0.39 is 209 Å². The van der Waals surface area contributed by atoms with Crippen molar-refractivity contribution in [2.45, 2.75) is 0 Å². The zero-order valence-corrected chi connectivity index (χ0v) is 18.0. The fourth-order valence-corrected chi connectivity index (χ4v) is 4.50. The van der Waals surface area contributed by atoms with Gasteiger partial charge >= 0.3 is 0 Å². The molecule has 36 heavy (non-hydrogen) atoms. The van der Waals surface area contributed by atoms with Crippen molar-refractivity contribution in [1.82, 2.24) is 0 Å². The second kappa shape index (κ2) is 7.41. The molecular weight excluding hydrogens is 432 g/mol. The van der Waals surface area contributed by atoms with Gasteiger partial charge in [-0.1, -0.05) is 115 Å². The molecule has 0 aliphatic carbocycles. The average molecular weight is 477 g/mol. The maximum absolute atomic E-state index is 9.38. The monoisotopic (exact) mass is 476 g/mol. The Morgan fingerprint density at radius 3 is 1.75 bits per heavy atom. The van der Waals surface area contributed by atoms with Crippen LogP contribution in [-0.2, 0) is 0 Å². The molecule has 0 heterocycles. The highest BCUT2D eigenvalue weighted by Crippen LogP contribution is 2.43. The number of hydrogen-bond donors (Lipinski definition) is 0. The SMILES string of the molecule is [2H]c1c([2H])c([2H])c2c([2H])c3c(c([2H])c([2H])c4c(-c5c6c([2H])c([2H])c([2H])c([2H])c6c([2H])c6c5c([2H])c([2H])c5c([2H])c([2H])c([2H])c([2H])c56)c([2H])c([2H])c([2H])c43)c([2H])c2c1[2H]. The Labute approximate surface area is 239 Å². The molecule has 0 atom stereocenters. The Kier molecular flexibility index (Phi) is 1.63. The van der Waals surface area contributed by atoms with Gasteiger partial charge in [-0.05, 0) is 93.9 Å². The second-order valence-corrected chi connectivity index (χ2v) is 8.00. The number of fused-ring (bicyclic) bond motifs is 8. The molecule has 0 saturated heterocycles. The fourth-order valence-electron chi connectivity index (χ4n) is 4.50. The quantitative estimate of drug-likeness (QED) is 0.163. The van der Waals surface area contributed by atoms with Crippen molar-refractivity contribution < 1.29 is 30.2 Å². The minimum Gasteiger partial charge on any atom is -0.0616 e. The molecule has 8 aromatic rings. The predicted molar refractivity (Wildman–Crippen MR) is 157 cm³/mol. The van der Waals surface area contributed by atoms with E-state index in [1.165, 1.54) is 0 Å². The summed E-state index contributed by atoms with van der Waals surface area (Å²) in [5.74, 6) is 0. The molecule has 0 nitrogen and oxygen atoms in total. The molecule has 0 aliphatic rings. The first kappa shape index (κ1) is 7.91. The van der Waals surface area contributed by atoms with Crippen molar-refractivity contribution in [2.75, 3.05) is 0 Å². The standard InChI is InChI=1S/C36H22/c1-2-10-25-21-34-27(20-24(25)9-1)17-18-31-30(34)14-7-15-32(31)36-29-13-6-4-11-26(29)22-35-28-12-5-3-8-23(28)16-19-33(35)36/h1-22H/i1D,2D,3D,4D,5D,6D,7D,8D,9D,10D,11D,12D,13D,14D,15D,16D,17D,18D,19D,20D,21D,22D. The van der Waals surface area contributed by atoms with Crippen LogP contribution < -0.4 is 0 Å².